The fraction of sp³-hybridized carbons (Fsp3) is 0.500. The van der Waals surface area contributed by atoms with Gasteiger partial charge in [0.25, 0.3) is 5.69 Å². The number of nitro groups is 1. The van der Waals surface area contributed by atoms with Gasteiger partial charge in [-0.1, -0.05) is 13.8 Å². The Labute approximate surface area is 112 Å². The summed E-state index contributed by atoms with van der Waals surface area (Å²) >= 11 is 0. The molecular weight excluding hydrogens is 268 g/mol. The summed E-state index contributed by atoms with van der Waals surface area (Å²) in [4.78, 5) is 10.1. The number of nitrogens with one attached hydrogen (secondary N) is 1. The molecule has 1 atom stereocenters. The molecule has 6 nitrogen and oxygen atoms in total. The Morgan fingerprint density at radius 1 is 1.26 bits per heavy atom. The molecule has 0 saturated carbocycles. The van der Waals surface area contributed by atoms with E-state index >= 15 is 0 Å². The van der Waals surface area contributed by atoms with Gasteiger partial charge in [-0.15, -0.1) is 0 Å². The number of nitrogens with zero attached hydrogens (tertiary/aromatic N) is 1. The average Bonchev–Trinajstić information content (AvgIpc) is 2.38. The van der Waals surface area contributed by atoms with Crippen molar-refractivity contribution in [3.05, 3.63) is 34.4 Å². The molecule has 0 aliphatic carbocycles. The van der Waals surface area contributed by atoms with Crippen molar-refractivity contribution in [2.45, 2.75) is 31.2 Å². The van der Waals surface area contributed by atoms with Crippen LogP contribution < -0.4 is 5.32 Å². The Bertz CT molecular complexity index is 525. The van der Waals surface area contributed by atoms with Crippen molar-refractivity contribution in [2.24, 2.45) is 0 Å². The lowest BCUT2D eigenvalue weighted by Gasteiger charge is -2.15. The van der Waals surface area contributed by atoms with E-state index in [4.69, 9.17) is 0 Å². The molecule has 0 radical (unpaired) electrons. The monoisotopic (exact) mass is 286 g/mol. The second-order valence-corrected chi connectivity index (χ2v) is 6.23. The van der Waals surface area contributed by atoms with Crippen molar-refractivity contribution >= 4 is 15.5 Å². The summed E-state index contributed by atoms with van der Waals surface area (Å²) in [5, 5.41) is 13.6. The molecule has 0 fully saturated rings. The zero-order valence-electron chi connectivity index (χ0n) is 11.0. The fourth-order valence-corrected chi connectivity index (χ4v) is 3.37. The fourth-order valence-electron chi connectivity index (χ4n) is 1.75. The molecule has 106 valence electrons. The van der Waals surface area contributed by atoms with Crippen molar-refractivity contribution in [1.29, 1.82) is 0 Å². The molecule has 19 heavy (non-hydrogen) atoms. The average molecular weight is 286 g/mol. The number of non-ortho nitro benzene ring substituents is 1. The first-order valence-corrected chi connectivity index (χ1v) is 7.76. The summed E-state index contributed by atoms with van der Waals surface area (Å²) in [5.41, 5.74) is -0.113. The van der Waals surface area contributed by atoms with Crippen LogP contribution in [0.25, 0.3) is 0 Å². The highest BCUT2D eigenvalue weighted by atomic mass is 32.2. The van der Waals surface area contributed by atoms with E-state index < -0.39 is 14.8 Å². The number of hydrogen-bond acceptors (Lipinski definition) is 5. The van der Waals surface area contributed by atoms with E-state index in [1.165, 1.54) is 24.3 Å². The quantitative estimate of drug-likeness (QED) is 0.609. The molecule has 1 N–H and O–H groups in total. The normalized spacial score (nSPS) is 13.2. The van der Waals surface area contributed by atoms with Crippen LogP contribution in [0.5, 0.6) is 0 Å². The summed E-state index contributed by atoms with van der Waals surface area (Å²) in [6, 6.07) is 4.88. The molecule has 1 rings (SSSR count). The third-order valence-electron chi connectivity index (χ3n) is 2.81. The summed E-state index contributed by atoms with van der Waals surface area (Å²) < 4.78 is 24.3. The van der Waals surface area contributed by atoms with Gasteiger partial charge in [0.15, 0.2) is 9.84 Å². The Kier molecular flexibility index (Phi) is 5.44. The second kappa shape index (κ2) is 6.63. The molecule has 0 aromatic heterocycles. The first-order valence-electron chi connectivity index (χ1n) is 6.11. The maximum absolute atomic E-state index is 12.1. The molecular formula is C12H18N2O4S. The van der Waals surface area contributed by atoms with E-state index in [0.717, 1.165) is 0 Å². The largest absolute Gasteiger partial charge is 0.313 e. The summed E-state index contributed by atoms with van der Waals surface area (Å²) in [5.74, 6) is -0.00481. The predicted molar refractivity (Wildman–Crippen MR) is 72.9 cm³/mol. The third-order valence-corrected chi connectivity index (χ3v) is 4.64. The van der Waals surface area contributed by atoms with Crippen LogP contribution in [0.4, 0.5) is 5.69 Å². The van der Waals surface area contributed by atoms with Crippen molar-refractivity contribution in [3.8, 4) is 0 Å². The van der Waals surface area contributed by atoms with E-state index in [-0.39, 0.29) is 22.4 Å². The molecule has 1 aromatic carbocycles. The van der Waals surface area contributed by atoms with Gasteiger partial charge < -0.3 is 5.32 Å². The third kappa shape index (κ3) is 4.29. The minimum Gasteiger partial charge on any atom is -0.313 e. The van der Waals surface area contributed by atoms with Gasteiger partial charge in [-0.05, 0) is 25.1 Å². The number of nitro benzene ring substituents is 1. The lowest BCUT2D eigenvalue weighted by atomic mass is 10.2. The van der Waals surface area contributed by atoms with Crippen molar-refractivity contribution in [2.75, 3.05) is 12.3 Å². The number of sulfone groups is 1. The number of rotatable bonds is 7. The van der Waals surface area contributed by atoms with Gasteiger partial charge >= 0.3 is 0 Å². The molecule has 0 spiro atoms. The molecule has 7 heteroatoms. The van der Waals surface area contributed by atoms with Crippen molar-refractivity contribution in [1.82, 2.24) is 5.32 Å². The molecule has 0 heterocycles. The van der Waals surface area contributed by atoms with Crippen LogP contribution in [0.15, 0.2) is 29.2 Å². The minimum atomic E-state index is -3.42. The van der Waals surface area contributed by atoms with Gasteiger partial charge in [0.1, 0.15) is 0 Å². The van der Waals surface area contributed by atoms with Gasteiger partial charge in [-0.2, -0.15) is 0 Å². The highest BCUT2D eigenvalue weighted by Crippen LogP contribution is 2.17. The summed E-state index contributed by atoms with van der Waals surface area (Å²) in [7, 11) is -3.42. The highest BCUT2D eigenvalue weighted by molar-refractivity contribution is 7.91. The van der Waals surface area contributed by atoms with Crippen LogP contribution in [-0.2, 0) is 9.84 Å². The van der Waals surface area contributed by atoms with Crippen LogP contribution in [-0.4, -0.2) is 31.7 Å². The van der Waals surface area contributed by atoms with Crippen molar-refractivity contribution in [3.63, 3.8) is 0 Å². The lowest BCUT2D eigenvalue weighted by Crippen LogP contribution is -2.34. The van der Waals surface area contributed by atoms with Gasteiger partial charge in [-0.25, -0.2) is 8.42 Å². The zero-order chi connectivity index (χ0) is 14.5. The number of benzene rings is 1. The molecule has 0 saturated heterocycles. The Balaban J connectivity index is 2.90. The maximum Gasteiger partial charge on any atom is 0.269 e. The highest BCUT2D eigenvalue weighted by Gasteiger charge is 2.20. The van der Waals surface area contributed by atoms with Gasteiger partial charge in [0, 0.05) is 18.2 Å². The maximum atomic E-state index is 12.1. The smallest absolute Gasteiger partial charge is 0.269 e. The Hall–Kier alpha value is -1.47. The standard InChI is InChI=1S/C12H18N2O4S/c1-3-10(13-4-2)9-19(17,18)12-7-5-11(6-8-12)14(15)16/h5-8,10,13H,3-4,9H2,1-2H3. The van der Waals surface area contributed by atoms with Gasteiger partial charge in [0.05, 0.1) is 15.6 Å². The van der Waals surface area contributed by atoms with E-state index in [1.807, 2.05) is 13.8 Å². The van der Waals surface area contributed by atoms with Gasteiger partial charge in [0.2, 0.25) is 0 Å². The van der Waals surface area contributed by atoms with Crippen LogP contribution in [0.2, 0.25) is 0 Å². The van der Waals surface area contributed by atoms with Gasteiger partial charge in [-0.3, -0.25) is 10.1 Å². The van der Waals surface area contributed by atoms with Crippen LogP contribution in [0.3, 0.4) is 0 Å². The summed E-state index contributed by atoms with van der Waals surface area (Å²) in [6.07, 6.45) is 0.708. The van der Waals surface area contributed by atoms with Crippen LogP contribution in [0, 0.1) is 10.1 Å². The molecule has 0 aliphatic rings. The molecule has 0 aliphatic heterocycles. The van der Waals surface area contributed by atoms with E-state index in [2.05, 4.69) is 5.32 Å². The molecule has 0 bridgehead atoms. The lowest BCUT2D eigenvalue weighted by molar-refractivity contribution is -0.384. The Morgan fingerprint density at radius 3 is 2.26 bits per heavy atom. The predicted octanol–water partition coefficient (Wildman–Crippen LogP) is 1.76. The van der Waals surface area contributed by atoms with E-state index in [9.17, 15) is 18.5 Å². The molecule has 0 amide bonds. The SMILES string of the molecule is CCNC(CC)CS(=O)(=O)c1ccc([N+](=O)[O-])cc1. The minimum absolute atomic E-state index is 0.00481. The second-order valence-electron chi connectivity index (χ2n) is 4.20. The summed E-state index contributed by atoms with van der Waals surface area (Å²) in [6.45, 7) is 4.54. The van der Waals surface area contributed by atoms with E-state index in [1.54, 1.807) is 0 Å². The van der Waals surface area contributed by atoms with Crippen LogP contribution in [0.1, 0.15) is 20.3 Å². The first-order chi connectivity index (χ1) is 8.90. The molecule has 1 aromatic rings. The topological polar surface area (TPSA) is 89.3 Å². The van der Waals surface area contributed by atoms with Crippen molar-refractivity contribution < 1.29 is 13.3 Å². The first kappa shape index (κ1) is 15.6. The Morgan fingerprint density at radius 2 is 1.84 bits per heavy atom. The molecule has 1 unspecified atom stereocenters. The zero-order valence-corrected chi connectivity index (χ0v) is 11.8. The number of hydrogen-bond donors (Lipinski definition) is 1. The van der Waals surface area contributed by atoms with Crippen LogP contribution >= 0.6 is 0 Å². The van der Waals surface area contributed by atoms with E-state index in [0.29, 0.717) is 13.0 Å².